The Morgan fingerprint density at radius 2 is 1.91 bits per heavy atom. The molecule has 2 N–H and O–H groups in total. The van der Waals surface area contributed by atoms with Crippen LogP contribution in [0, 0.1) is 5.92 Å². The second kappa shape index (κ2) is 10.0. The Morgan fingerprint density at radius 1 is 1.19 bits per heavy atom. The van der Waals surface area contributed by atoms with Gasteiger partial charge in [0.2, 0.25) is 6.41 Å². The Bertz CT molecular complexity index is 916. The van der Waals surface area contributed by atoms with E-state index in [0.29, 0.717) is 30.3 Å². The zero-order chi connectivity index (χ0) is 23.5. The van der Waals surface area contributed by atoms with Crippen LogP contribution in [0.1, 0.15) is 32.8 Å². The molecule has 2 fully saturated rings. The van der Waals surface area contributed by atoms with E-state index in [1.165, 1.54) is 12.3 Å². The van der Waals surface area contributed by atoms with E-state index in [1.807, 2.05) is 4.90 Å². The molecule has 0 bridgehead atoms. The number of nitrogens with one attached hydrogen (secondary N) is 1. The molecule has 2 atom stereocenters. The van der Waals surface area contributed by atoms with Crippen molar-refractivity contribution in [3.63, 3.8) is 0 Å². The number of halogens is 3. The molecule has 1 amide bonds. The average molecular weight is 453 g/mol. The van der Waals surface area contributed by atoms with Crippen LogP contribution in [-0.2, 0) is 11.0 Å². The first-order valence-corrected chi connectivity index (χ1v) is 10.9. The normalized spacial score (nSPS) is 22.3. The fraction of sp³-hybridized carbons (Fsp3) is 0.565. The van der Waals surface area contributed by atoms with E-state index in [-0.39, 0.29) is 17.7 Å². The minimum atomic E-state index is -4.44. The number of rotatable bonds is 4. The predicted molar refractivity (Wildman–Crippen MR) is 118 cm³/mol. The molecule has 0 aliphatic carbocycles. The van der Waals surface area contributed by atoms with E-state index in [0.717, 1.165) is 37.8 Å². The summed E-state index contributed by atoms with van der Waals surface area (Å²) in [5.74, 6) is 0.324. The van der Waals surface area contributed by atoms with Crippen molar-refractivity contribution in [2.24, 2.45) is 5.92 Å². The molecule has 2 unspecified atom stereocenters. The summed E-state index contributed by atoms with van der Waals surface area (Å²) < 4.78 is 39.6. The largest absolute Gasteiger partial charge is 0.418 e. The Kier molecular flexibility index (Phi) is 7.61. The molecule has 3 heterocycles. The highest BCUT2D eigenvalue weighted by atomic mass is 19.4. The quantitative estimate of drug-likeness (QED) is 0.697. The molecule has 0 radical (unpaired) electrons. The number of nitrogens with zero attached hydrogens (tertiary/aromatic N) is 3. The average Bonchev–Trinajstić information content (AvgIpc) is 2.70. The fourth-order valence-corrected chi connectivity index (χ4v) is 4.34. The Labute approximate surface area is 186 Å². The van der Waals surface area contributed by atoms with Gasteiger partial charge in [0.25, 0.3) is 0 Å². The van der Waals surface area contributed by atoms with Crippen LogP contribution in [0.15, 0.2) is 30.5 Å². The van der Waals surface area contributed by atoms with Crippen LogP contribution < -0.4 is 10.2 Å². The lowest BCUT2D eigenvalue weighted by atomic mass is 9.94. The van der Waals surface area contributed by atoms with Gasteiger partial charge in [-0.1, -0.05) is 6.92 Å². The highest BCUT2D eigenvalue weighted by molar-refractivity contribution is 5.94. The van der Waals surface area contributed by atoms with Crippen molar-refractivity contribution in [3.05, 3.63) is 36.0 Å². The molecule has 6 nitrogen and oxygen atoms in total. The van der Waals surface area contributed by atoms with Crippen LogP contribution in [-0.4, -0.2) is 65.8 Å². The second-order valence-corrected chi connectivity index (χ2v) is 8.96. The van der Waals surface area contributed by atoms with Gasteiger partial charge in [0.05, 0.1) is 17.2 Å². The van der Waals surface area contributed by atoms with Gasteiger partial charge in [-0.2, -0.15) is 13.2 Å². The number of anilines is 1. The maximum absolute atomic E-state index is 13.2. The van der Waals surface area contributed by atoms with Crippen molar-refractivity contribution in [3.8, 4) is 0 Å². The third-order valence-electron chi connectivity index (χ3n) is 5.98. The number of piperidine rings is 1. The first kappa shape index (κ1) is 24.3. The highest BCUT2D eigenvalue weighted by Gasteiger charge is 2.34. The number of carbonyl (C=O) groups is 1. The summed E-state index contributed by atoms with van der Waals surface area (Å²) in [6, 6.07) is 6.49. The van der Waals surface area contributed by atoms with Crippen molar-refractivity contribution < 1.29 is 23.1 Å². The predicted octanol–water partition coefficient (Wildman–Crippen LogP) is 3.29. The molecular formula is C23H31F3N4O2. The molecule has 0 spiro atoms. The molecule has 2 saturated heterocycles. The number of aromatic nitrogens is 1. The SMILES string of the molecule is CC(C)N1CC(O)C1.CC1CC(NC=O)CN(c2ccc(C(F)(F)F)c3ncccc23)C1. The molecule has 2 aromatic rings. The van der Waals surface area contributed by atoms with Crippen molar-refractivity contribution in [2.75, 3.05) is 31.1 Å². The van der Waals surface area contributed by atoms with Gasteiger partial charge in [-0.15, -0.1) is 0 Å². The minimum Gasteiger partial charge on any atom is -0.390 e. The number of alkyl halides is 3. The number of β-amino-alcohol motifs (C(OH)–C–C–N with tert-alkyl or cyclic N) is 1. The third-order valence-corrected chi connectivity index (χ3v) is 5.98. The first-order chi connectivity index (χ1) is 15.1. The van der Waals surface area contributed by atoms with Crippen LogP contribution in [0.25, 0.3) is 10.9 Å². The van der Waals surface area contributed by atoms with Gasteiger partial charge < -0.3 is 15.3 Å². The molecule has 0 saturated carbocycles. The highest BCUT2D eigenvalue weighted by Crippen LogP contribution is 2.38. The lowest BCUT2D eigenvalue weighted by molar-refractivity contribution is -0.136. The summed E-state index contributed by atoms with van der Waals surface area (Å²) in [5.41, 5.74) is -0.0505. The van der Waals surface area contributed by atoms with E-state index in [4.69, 9.17) is 5.11 Å². The van der Waals surface area contributed by atoms with Gasteiger partial charge in [-0.05, 0) is 50.5 Å². The van der Waals surface area contributed by atoms with E-state index in [1.54, 1.807) is 12.1 Å². The number of fused-ring (bicyclic) bond motifs is 1. The Morgan fingerprint density at radius 3 is 2.47 bits per heavy atom. The van der Waals surface area contributed by atoms with Gasteiger partial charge >= 0.3 is 6.18 Å². The van der Waals surface area contributed by atoms with Gasteiger partial charge in [-0.3, -0.25) is 14.7 Å². The van der Waals surface area contributed by atoms with Crippen LogP contribution in [0.3, 0.4) is 0 Å². The van der Waals surface area contributed by atoms with Crippen molar-refractivity contribution >= 4 is 23.0 Å². The molecule has 176 valence electrons. The molecule has 9 heteroatoms. The van der Waals surface area contributed by atoms with Gasteiger partial charge in [0.1, 0.15) is 0 Å². The number of amides is 1. The number of likely N-dealkylation sites (tertiary alicyclic amines) is 1. The molecule has 2 aliphatic rings. The summed E-state index contributed by atoms with van der Waals surface area (Å²) >= 11 is 0. The maximum atomic E-state index is 13.2. The van der Waals surface area contributed by atoms with Crippen LogP contribution >= 0.6 is 0 Å². The number of aliphatic hydroxyl groups is 1. The number of aliphatic hydroxyl groups excluding tert-OH is 1. The maximum Gasteiger partial charge on any atom is 0.418 e. The summed E-state index contributed by atoms with van der Waals surface area (Å²) in [7, 11) is 0. The summed E-state index contributed by atoms with van der Waals surface area (Å²) in [5, 5.41) is 12.1. The van der Waals surface area contributed by atoms with E-state index >= 15 is 0 Å². The lowest BCUT2D eigenvalue weighted by Gasteiger charge is -2.38. The van der Waals surface area contributed by atoms with Gasteiger partial charge in [0.15, 0.2) is 0 Å². The number of hydrogen-bond acceptors (Lipinski definition) is 5. The molecule has 32 heavy (non-hydrogen) atoms. The van der Waals surface area contributed by atoms with Gasteiger partial charge in [0, 0.05) is 55.5 Å². The molecule has 2 aliphatic heterocycles. The molecule has 1 aromatic heterocycles. The van der Waals surface area contributed by atoms with Crippen molar-refractivity contribution in [2.45, 2.75) is 51.6 Å². The second-order valence-electron chi connectivity index (χ2n) is 8.96. The minimum absolute atomic E-state index is 0.0136. The smallest absolute Gasteiger partial charge is 0.390 e. The lowest BCUT2D eigenvalue weighted by Crippen LogP contribution is -2.53. The Hall–Kier alpha value is -2.39. The van der Waals surface area contributed by atoms with E-state index in [2.05, 4.69) is 36.0 Å². The summed E-state index contributed by atoms with van der Waals surface area (Å²) in [6.07, 6.45) is -1.59. The molecular weight excluding hydrogens is 421 g/mol. The van der Waals surface area contributed by atoms with Crippen LogP contribution in [0.5, 0.6) is 0 Å². The zero-order valence-corrected chi connectivity index (χ0v) is 18.6. The standard InChI is InChI=1S/C17H18F3N3O.C6H13NO/c1-11-7-12(22-10-24)9-23(8-11)15-5-4-14(17(18,19)20)16-13(15)3-2-6-21-16;1-5(2)7-3-6(8)4-7/h2-6,10-12H,7-9H2,1H3,(H,22,24);5-6,8H,3-4H2,1-2H3. The Balaban J connectivity index is 0.000000305. The van der Waals surface area contributed by atoms with Crippen LogP contribution in [0.4, 0.5) is 18.9 Å². The number of benzene rings is 1. The first-order valence-electron chi connectivity index (χ1n) is 10.9. The van der Waals surface area contributed by atoms with Gasteiger partial charge in [-0.25, -0.2) is 0 Å². The number of pyridine rings is 1. The summed E-state index contributed by atoms with van der Waals surface area (Å²) in [6.45, 7) is 9.40. The van der Waals surface area contributed by atoms with E-state index < -0.39 is 11.7 Å². The summed E-state index contributed by atoms with van der Waals surface area (Å²) in [4.78, 5) is 19.0. The molecule has 4 rings (SSSR count). The fourth-order valence-electron chi connectivity index (χ4n) is 4.34. The zero-order valence-electron chi connectivity index (χ0n) is 18.6. The number of carbonyl (C=O) groups excluding carboxylic acids is 1. The topological polar surface area (TPSA) is 68.7 Å². The van der Waals surface area contributed by atoms with Crippen molar-refractivity contribution in [1.29, 1.82) is 0 Å². The third kappa shape index (κ3) is 5.69. The van der Waals surface area contributed by atoms with Crippen LogP contribution in [0.2, 0.25) is 0 Å². The molecule has 1 aromatic carbocycles. The van der Waals surface area contributed by atoms with Crippen molar-refractivity contribution in [1.82, 2.24) is 15.2 Å². The monoisotopic (exact) mass is 452 g/mol. The number of hydrogen-bond donors (Lipinski definition) is 2. The van der Waals surface area contributed by atoms with E-state index in [9.17, 15) is 18.0 Å².